The van der Waals surface area contributed by atoms with Crippen LogP contribution in [0.25, 0.3) is 0 Å². The maximum Gasteiger partial charge on any atom is 0.269 e. The largest absolute Gasteiger partial charge is 0.349 e. The highest BCUT2D eigenvalue weighted by Crippen LogP contribution is 2.43. The molecule has 1 aromatic carbocycles. The first-order valence-electron chi connectivity index (χ1n) is 10.3. The number of aryl methyl sites for hydroxylation is 1. The number of carbonyl (C=O) groups is 2. The first-order chi connectivity index (χ1) is 14.3. The van der Waals surface area contributed by atoms with Crippen molar-refractivity contribution in [2.45, 2.75) is 51.2 Å². The fourth-order valence-electron chi connectivity index (χ4n) is 4.51. The molecule has 0 spiro atoms. The smallest absolute Gasteiger partial charge is 0.269 e. The number of aromatic nitrogens is 1. The predicted molar refractivity (Wildman–Crippen MR) is 114 cm³/mol. The molecule has 1 aromatic heterocycles. The minimum Gasteiger partial charge on any atom is -0.349 e. The molecule has 0 saturated heterocycles. The van der Waals surface area contributed by atoms with Crippen LogP contribution in [0.3, 0.4) is 0 Å². The van der Waals surface area contributed by atoms with Gasteiger partial charge in [-0.1, -0.05) is 29.8 Å². The summed E-state index contributed by atoms with van der Waals surface area (Å²) in [4.78, 5) is 31.0. The monoisotopic (exact) mass is 429 g/mol. The highest BCUT2D eigenvalue weighted by Gasteiger charge is 2.48. The Morgan fingerprint density at radius 2 is 2.00 bits per heavy atom. The molecule has 1 aliphatic carbocycles. The summed E-state index contributed by atoms with van der Waals surface area (Å²) in [6, 6.07) is 8.80. The van der Waals surface area contributed by atoms with Crippen molar-refractivity contribution in [1.82, 2.24) is 10.3 Å². The number of rotatable bonds is 4. The van der Waals surface area contributed by atoms with Gasteiger partial charge >= 0.3 is 0 Å². The maximum atomic E-state index is 15.0. The van der Waals surface area contributed by atoms with E-state index >= 15 is 0 Å². The molecule has 30 heavy (non-hydrogen) atoms. The first-order valence-corrected chi connectivity index (χ1v) is 10.7. The number of halogens is 2. The molecule has 0 bridgehead atoms. The number of nitrogens with zero attached hydrogens (tertiary/aromatic N) is 2. The number of fused-ring (bicyclic) bond motifs is 1. The lowest BCUT2D eigenvalue weighted by Gasteiger charge is -2.32. The lowest BCUT2D eigenvalue weighted by Crippen LogP contribution is -2.42. The Morgan fingerprint density at radius 3 is 2.73 bits per heavy atom. The van der Waals surface area contributed by atoms with Crippen LogP contribution in [-0.4, -0.2) is 29.4 Å². The van der Waals surface area contributed by atoms with Crippen LogP contribution in [0.2, 0.25) is 5.02 Å². The average Bonchev–Trinajstić information content (AvgIpc) is 2.92. The topological polar surface area (TPSA) is 62.3 Å². The molecule has 5 nitrogen and oxygen atoms in total. The molecule has 1 N–H and O–H groups in total. The summed E-state index contributed by atoms with van der Waals surface area (Å²) >= 11 is 5.97. The Bertz CT molecular complexity index is 986. The third kappa shape index (κ3) is 3.81. The summed E-state index contributed by atoms with van der Waals surface area (Å²) in [5.41, 5.74) is 0.287. The van der Waals surface area contributed by atoms with Gasteiger partial charge in [0.25, 0.3) is 11.8 Å². The van der Waals surface area contributed by atoms with Gasteiger partial charge in [0, 0.05) is 24.3 Å². The molecule has 0 unspecified atom stereocenters. The van der Waals surface area contributed by atoms with Crippen molar-refractivity contribution >= 4 is 29.1 Å². The van der Waals surface area contributed by atoms with Crippen LogP contribution in [0, 0.1) is 12.8 Å². The molecule has 0 radical (unpaired) electrons. The first kappa shape index (κ1) is 20.8. The predicted octanol–water partition coefficient (Wildman–Crippen LogP) is 4.56. The number of carbonyl (C=O) groups excluding carboxylic acids is 2. The second-order valence-electron chi connectivity index (χ2n) is 8.41. The van der Waals surface area contributed by atoms with E-state index in [0.717, 1.165) is 25.7 Å². The second kappa shape index (κ2) is 7.99. The molecule has 4 rings (SSSR count). The molecule has 7 heteroatoms. The quantitative estimate of drug-likeness (QED) is 0.774. The van der Waals surface area contributed by atoms with E-state index in [1.54, 1.807) is 30.0 Å². The SMILES string of the molecule is Cc1ncc(Cl)cc1C(=O)NC1CCC(CN2C(=O)[C@](C)(F)c3ccccc32)CC1. The average molecular weight is 430 g/mol. The number of para-hydroxylation sites is 1. The van der Waals surface area contributed by atoms with Crippen molar-refractivity contribution in [3.8, 4) is 0 Å². The number of anilines is 1. The summed E-state index contributed by atoms with van der Waals surface area (Å²) in [5, 5.41) is 3.51. The number of hydrogen-bond donors (Lipinski definition) is 1. The van der Waals surface area contributed by atoms with Gasteiger partial charge in [-0.2, -0.15) is 0 Å². The van der Waals surface area contributed by atoms with Gasteiger partial charge in [-0.3, -0.25) is 14.6 Å². The van der Waals surface area contributed by atoms with E-state index in [0.29, 0.717) is 34.1 Å². The molecule has 2 heterocycles. The van der Waals surface area contributed by atoms with Gasteiger partial charge in [0.05, 0.1) is 22.0 Å². The number of nitrogens with one attached hydrogen (secondary N) is 1. The molecule has 1 aliphatic heterocycles. The van der Waals surface area contributed by atoms with Crippen LogP contribution in [0.4, 0.5) is 10.1 Å². The summed E-state index contributed by atoms with van der Waals surface area (Å²) in [5.74, 6) is -0.371. The normalized spacial score (nSPS) is 25.9. The summed E-state index contributed by atoms with van der Waals surface area (Å²) in [7, 11) is 0. The van der Waals surface area contributed by atoms with Gasteiger partial charge in [-0.05, 0) is 57.6 Å². The minimum atomic E-state index is -1.97. The van der Waals surface area contributed by atoms with Crippen LogP contribution in [0.15, 0.2) is 36.5 Å². The fraction of sp³-hybridized carbons (Fsp3) is 0.435. The van der Waals surface area contributed by atoms with Gasteiger partial charge < -0.3 is 10.2 Å². The molecular formula is C23H25ClFN3O2. The Morgan fingerprint density at radius 1 is 1.30 bits per heavy atom. The molecule has 1 atom stereocenters. The van der Waals surface area contributed by atoms with E-state index in [1.807, 2.05) is 12.1 Å². The lowest BCUT2D eigenvalue weighted by atomic mass is 9.85. The fourth-order valence-corrected chi connectivity index (χ4v) is 4.67. The van der Waals surface area contributed by atoms with Crippen molar-refractivity contribution in [3.05, 3.63) is 58.4 Å². The molecule has 2 amide bonds. The summed E-state index contributed by atoms with van der Waals surface area (Å²) in [6.45, 7) is 3.63. The zero-order chi connectivity index (χ0) is 21.5. The van der Waals surface area contributed by atoms with Crippen LogP contribution in [-0.2, 0) is 10.5 Å². The summed E-state index contributed by atoms with van der Waals surface area (Å²) in [6.07, 6.45) is 4.90. The van der Waals surface area contributed by atoms with Crippen molar-refractivity contribution in [2.75, 3.05) is 11.4 Å². The van der Waals surface area contributed by atoms with Crippen LogP contribution >= 0.6 is 11.6 Å². The van der Waals surface area contributed by atoms with Crippen molar-refractivity contribution in [3.63, 3.8) is 0 Å². The van der Waals surface area contributed by atoms with Gasteiger partial charge in [0.1, 0.15) is 0 Å². The maximum absolute atomic E-state index is 15.0. The molecule has 2 aromatic rings. The van der Waals surface area contributed by atoms with E-state index in [-0.39, 0.29) is 17.9 Å². The Labute approximate surface area is 180 Å². The Hall–Kier alpha value is -2.47. The number of alkyl halides is 1. The van der Waals surface area contributed by atoms with Crippen molar-refractivity contribution in [2.24, 2.45) is 5.92 Å². The third-order valence-electron chi connectivity index (χ3n) is 6.27. The zero-order valence-electron chi connectivity index (χ0n) is 17.1. The van der Waals surface area contributed by atoms with Crippen molar-refractivity contribution in [1.29, 1.82) is 0 Å². The molecular weight excluding hydrogens is 405 g/mol. The van der Waals surface area contributed by atoms with Crippen LogP contribution < -0.4 is 10.2 Å². The van der Waals surface area contributed by atoms with Gasteiger partial charge in [0.2, 0.25) is 5.67 Å². The highest BCUT2D eigenvalue weighted by molar-refractivity contribution is 6.30. The molecule has 158 valence electrons. The van der Waals surface area contributed by atoms with Gasteiger partial charge in [0.15, 0.2) is 0 Å². The lowest BCUT2D eigenvalue weighted by molar-refractivity contribution is -0.128. The van der Waals surface area contributed by atoms with E-state index in [1.165, 1.54) is 13.1 Å². The van der Waals surface area contributed by atoms with Crippen molar-refractivity contribution < 1.29 is 14.0 Å². The Balaban J connectivity index is 1.36. The van der Waals surface area contributed by atoms with Gasteiger partial charge in [-0.25, -0.2) is 4.39 Å². The molecule has 2 aliphatic rings. The number of pyridine rings is 1. The van der Waals surface area contributed by atoms with E-state index in [2.05, 4.69) is 10.3 Å². The standard InChI is InChI=1S/C23H25ClFN3O2/c1-14-18(11-16(24)12-26-14)21(29)27-17-9-7-15(8-10-17)13-28-20-6-4-3-5-19(20)23(2,25)22(28)30/h3-6,11-12,15,17H,7-10,13H2,1-2H3,(H,27,29)/t15?,17?,23-/m1/s1. The van der Waals surface area contributed by atoms with E-state index < -0.39 is 11.6 Å². The van der Waals surface area contributed by atoms with Crippen LogP contribution in [0.5, 0.6) is 0 Å². The second-order valence-corrected chi connectivity index (χ2v) is 8.85. The number of amides is 2. The molecule has 1 saturated carbocycles. The van der Waals surface area contributed by atoms with E-state index in [4.69, 9.17) is 11.6 Å². The zero-order valence-corrected chi connectivity index (χ0v) is 17.9. The minimum absolute atomic E-state index is 0.0696. The molecule has 1 fully saturated rings. The Kier molecular flexibility index (Phi) is 5.53. The number of hydrogen-bond acceptors (Lipinski definition) is 3. The van der Waals surface area contributed by atoms with Crippen LogP contribution in [0.1, 0.15) is 54.2 Å². The summed E-state index contributed by atoms with van der Waals surface area (Å²) < 4.78 is 15.0. The van der Waals surface area contributed by atoms with E-state index in [9.17, 15) is 14.0 Å². The van der Waals surface area contributed by atoms with Gasteiger partial charge in [-0.15, -0.1) is 0 Å². The number of benzene rings is 1. The highest BCUT2D eigenvalue weighted by atomic mass is 35.5. The third-order valence-corrected chi connectivity index (χ3v) is 6.48.